The molecule has 0 aliphatic carbocycles. The average molecular weight is 283 g/mol. The van der Waals surface area contributed by atoms with E-state index in [2.05, 4.69) is 0 Å². The standard InChI is InChI=1S/C16H13NO4/c18-16(12-4-2-1-3-5-12)14-9-7-11-6-8-13(17(19)20)10-15(11)21-14/h1-6,8,10,14H,7,9H2. The Hall–Kier alpha value is -2.69. The first kappa shape index (κ1) is 13.3. The van der Waals surface area contributed by atoms with Gasteiger partial charge in [-0.15, -0.1) is 0 Å². The van der Waals surface area contributed by atoms with Crippen LogP contribution in [0.3, 0.4) is 0 Å². The SMILES string of the molecule is O=C(c1ccccc1)C1CCc2ccc([N+](=O)[O-])cc2O1. The summed E-state index contributed by atoms with van der Waals surface area (Å²) < 4.78 is 5.68. The fraction of sp³-hybridized carbons (Fsp3) is 0.188. The molecule has 21 heavy (non-hydrogen) atoms. The first-order valence-electron chi connectivity index (χ1n) is 6.68. The third-order valence-corrected chi connectivity index (χ3v) is 3.56. The third-order valence-electron chi connectivity index (χ3n) is 3.56. The summed E-state index contributed by atoms with van der Waals surface area (Å²) in [6, 6.07) is 13.5. The number of Topliss-reactive ketones (excluding diaryl/α,β-unsaturated/α-hetero) is 1. The quantitative estimate of drug-likeness (QED) is 0.493. The molecule has 1 aliphatic rings. The number of carbonyl (C=O) groups excluding carboxylic acids is 1. The summed E-state index contributed by atoms with van der Waals surface area (Å²) in [6.07, 6.45) is 0.677. The van der Waals surface area contributed by atoms with E-state index in [1.54, 1.807) is 30.3 Å². The van der Waals surface area contributed by atoms with E-state index >= 15 is 0 Å². The van der Waals surface area contributed by atoms with Crippen molar-refractivity contribution in [3.05, 3.63) is 69.8 Å². The number of ether oxygens (including phenoxy) is 1. The topological polar surface area (TPSA) is 69.4 Å². The van der Waals surface area contributed by atoms with Crippen molar-refractivity contribution >= 4 is 11.5 Å². The molecule has 3 rings (SSSR count). The van der Waals surface area contributed by atoms with Crippen molar-refractivity contribution in [1.82, 2.24) is 0 Å². The van der Waals surface area contributed by atoms with Crippen LogP contribution in [0.2, 0.25) is 0 Å². The number of nitrogens with zero attached hydrogens (tertiary/aromatic N) is 1. The van der Waals surface area contributed by atoms with Gasteiger partial charge < -0.3 is 4.74 Å². The second-order valence-electron chi connectivity index (χ2n) is 4.92. The predicted octanol–water partition coefficient (Wildman–Crippen LogP) is 3.17. The molecule has 2 aromatic rings. The number of nitro benzene ring substituents is 1. The lowest BCUT2D eigenvalue weighted by Crippen LogP contribution is -2.31. The molecule has 0 saturated heterocycles. The van der Waals surface area contributed by atoms with Crippen molar-refractivity contribution < 1.29 is 14.5 Å². The molecule has 0 N–H and O–H groups in total. The summed E-state index contributed by atoms with van der Waals surface area (Å²) in [5.74, 6) is 0.345. The molecule has 0 bridgehead atoms. The number of nitro groups is 1. The fourth-order valence-corrected chi connectivity index (χ4v) is 2.44. The summed E-state index contributed by atoms with van der Waals surface area (Å²) in [5.41, 5.74) is 1.47. The number of carbonyl (C=O) groups is 1. The van der Waals surface area contributed by atoms with Gasteiger partial charge in [0.05, 0.1) is 11.0 Å². The van der Waals surface area contributed by atoms with Crippen molar-refractivity contribution in [2.75, 3.05) is 0 Å². The van der Waals surface area contributed by atoms with Gasteiger partial charge in [0.25, 0.3) is 5.69 Å². The fourth-order valence-electron chi connectivity index (χ4n) is 2.44. The Bertz CT molecular complexity index is 697. The molecule has 0 aromatic heterocycles. The van der Waals surface area contributed by atoms with E-state index in [1.165, 1.54) is 12.1 Å². The average Bonchev–Trinajstić information content (AvgIpc) is 2.54. The lowest BCUT2D eigenvalue weighted by atomic mass is 9.96. The summed E-state index contributed by atoms with van der Waals surface area (Å²) >= 11 is 0. The van der Waals surface area contributed by atoms with Gasteiger partial charge in [-0.05, 0) is 24.5 Å². The van der Waals surface area contributed by atoms with E-state index < -0.39 is 11.0 Å². The summed E-state index contributed by atoms with van der Waals surface area (Å²) in [6.45, 7) is 0. The maximum absolute atomic E-state index is 12.4. The van der Waals surface area contributed by atoms with Crippen molar-refractivity contribution in [3.63, 3.8) is 0 Å². The molecular formula is C16H13NO4. The van der Waals surface area contributed by atoms with E-state index in [9.17, 15) is 14.9 Å². The Labute approximate surface area is 121 Å². The number of hydrogen-bond donors (Lipinski definition) is 0. The molecule has 106 valence electrons. The number of ketones is 1. The first-order chi connectivity index (χ1) is 10.1. The number of rotatable bonds is 3. The lowest BCUT2D eigenvalue weighted by Gasteiger charge is -2.24. The number of hydrogen-bond acceptors (Lipinski definition) is 4. The van der Waals surface area contributed by atoms with Gasteiger partial charge in [-0.1, -0.05) is 30.3 Å². The summed E-state index contributed by atoms with van der Waals surface area (Å²) in [4.78, 5) is 22.7. The Balaban J connectivity index is 1.85. The van der Waals surface area contributed by atoms with Gasteiger partial charge >= 0.3 is 0 Å². The third kappa shape index (κ3) is 2.63. The second-order valence-corrected chi connectivity index (χ2v) is 4.92. The smallest absolute Gasteiger partial charge is 0.273 e. The van der Waals surface area contributed by atoms with Crippen molar-refractivity contribution in [2.45, 2.75) is 18.9 Å². The van der Waals surface area contributed by atoms with Gasteiger partial charge in [-0.25, -0.2) is 0 Å². The van der Waals surface area contributed by atoms with Crippen LogP contribution in [0.15, 0.2) is 48.5 Å². The minimum atomic E-state index is -0.582. The van der Waals surface area contributed by atoms with E-state index in [4.69, 9.17) is 4.74 Å². The van der Waals surface area contributed by atoms with Gasteiger partial charge in [0.1, 0.15) is 5.75 Å². The van der Waals surface area contributed by atoms with Gasteiger partial charge in [0, 0.05) is 11.6 Å². The molecule has 1 heterocycles. The molecular weight excluding hydrogens is 270 g/mol. The Morgan fingerprint density at radius 1 is 1.19 bits per heavy atom. The Morgan fingerprint density at radius 2 is 1.95 bits per heavy atom. The molecule has 2 aromatic carbocycles. The van der Waals surface area contributed by atoms with Crippen LogP contribution in [0, 0.1) is 10.1 Å². The zero-order valence-corrected chi connectivity index (χ0v) is 11.2. The van der Waals surface area contributed by atoms with Crippen molar-refractivity contribution in [2.24, 2.45) is 0 Å². The molecule has 0 spiro atoms. The Morgan fingerprint density at radius 3 is 2.67 bits per heavy atom. The Kier molecular flexibility index (Phi) is 3.39. The number of aryl methyl sites for hydroxylation is 1. The number of fused-ring (bicyclic) bond motifs is 1. The highest BCUT2D eigenvalue weighted by Crippen LogP contribution is 2.32. The molecule has 5 nitrogen and oxygen atoms in total. The predicted molar refractivity (Wildman–Crippen MR) is 76.6 cm³/mol. The zero-order chi connectivity index (χ0) is 14.8. The maximum atomic E-state index is 12.4. The normalized spacial score (nSPS) is 16.7. The van der Waals surface area contributed by atoms with Gasteiger partial charge in [-0.3, -0.25) is 14.9 Å². The van der Waals surface area contributed by atoms with Crippen LogP contribution in [-0.2, 0) is 6.42 Å². The van der Waals surface area contributed by atoms with Gasteiger partial charge in [0.2, 0.25) is 5.78 Å². The van der Waals surface area contributed by atoms with E-state index in [-0.39, 0.29) is 11.5 Å². The van der Waals surface area contributed by atoms with Gasteiger partial charge in [0.15, 0.2) is 6.10 Å². The van der Waals surface area contributed by atoms with Crippen LogP contribution in [0.5, 0.6) is 5.75 Å². The van der Waals surface area contributed by atoms with Crippen molar-refractivity contribution in [3.8, 4) is 5.75 Å². The van der Waals surface area contributed by atoms with E-state index in [0.717, 1.165) is 5.56 Å². The highest BCUT2D eigenvalue weighted by Gasteiger charge is 2.28. The number of non-ortho nitro benzene ring substituents is 1. The first-order valence-corrected chi connectivity index (χ1v) is 6.68. The maximum Gasteiger partial charge on any atom is 0.273 e. The highest BCUT2D eigenvalue weighted by atomic mass is 16.6. The van der Waals surface area contributed by atoms with Gasteiger partial charge in [-0.2, -0.15) is 0 Å². The zero-order valence-electron chi connectivity index (χ0n) is 11.2. The van der Waals surface area contributed by atoms with Crippen LogP contribution in [0.4, 0.5) is 5.69 Å². The van der Waals surface area contributed by atoms with Crippen LogP contribution >= 0.6 is 0 Å². The molecule has 1 atom stereocenters. The van der Waals surface area contributed by atoms with Crippen LogP contribution in [-0.4, -0.2) is 16.8 Å². The minimum Gasteiger partial charge on any atom is -0.482 e. The molecule has 1 aliphatic heterocycles. The molecule has 5 heteroatoms. The largest absolute Gasteiger partial charge is 0.482 e. The van der Waals surface area contributed by atoms with E-state index in [1.807, 2.05) is 6.07 Å². The summed E-state index contributed by atoms with van der Waals surface area (Å²) in [5, 5.41) is 10.8. The molecule has 0 radical (unpaired) electrons. The summed E-state index contributed by atoms with van der Waals surface area (Å²) in [7, 11) is 0. The molecule has 0 fully saturated rings. The highest BCUT2D eigenvalue weighted by molar-refractivity contribution is 5.99. The van der Waals surface area contributed by atoms with Crippen LogP contribution in [0.1, 0.15) is 22.3 Å². The molecule has 0 saturated carbocycles. The lowest BCUT2D eigenvalue weighted by molar-refractivity contribution is -0.385. The van der Waals surface area contributed by atoms with Crippen LogP contribution < -0.4 is 4.74 Å². The molecule has 0 amide bonds. The number of benzene rings is 2. The minimum absolute atomic E-state index is 0.0263. The second kappa shape index (κ2) is 5.36. The van der Waals surface area contributed by atoms with Crippen LogP contribution in [0.25, 0.3) is 0 Å². The van der Waals surface area contributed by atoms with Crippen molar-refractivity contribution in [1.29, 1.82) is 0 Å². The molecule has 1 unspecified atom stereocenters. The van der Waals surface area contributed by atoms with E-state index in [0.29, 0.717) is 24.2 Å². The monoisotopic (exact) mass is 283 g/mol.